The maximum Gasteiger partial charge on any atom is 0.102 e. The van der Waals surface area contributed by atoms with Gasteiger partial charge in [0.25, 0.3) is 0 Å². The Morgan fingerprint density at radius 3 is 1.62 bits per heavy atom. The van der Waals surface area contributed by atoms with Crippen molar-refractivity contribution in [2.45, 2.75) is 6.92 Å². The maximum atomic E-state index is 8.58. The molecule has 0 radical (unpaired) electrons. The molecule has 0 amide bonds. The largest absolute Gasteiger partial charge is 0.394 e. The Morgan fingerprint density at radius 2 is 1.31 bits per heavy atom. The second kappa shape index (κ2) is 9.99. The minimum Gasteiger partial charge on any atom is -0.394 e. The van der Waals surface area contributed by atoms with Gasteiger partial charge < -0.3 is 24.2 Å². The van der Waals surface area contributed by atoms with Crippen molar-refractivity contribution in [1.29, 1.82) is 0 Å². The minimum absolute atomic E-state index is 0.0788. The summed E-state index contributed by atoms with van der Waals surface area (Å²) in [6.07, 6.45) is 0. The molecule has 0 rings (SSSR count). The van der Waals surface area contributed by atoms with Crippen LogP contribution >= 0.6 is 0 Å². The zero-order valence-corrected chi connectivity index (χ0v) is 10.5. The fourth-order valence-corrected chi connectivity index (χ4v) is 1.33. The second-order valence-electron chi connectivity index (χ2n) is 4.05. The number of aliphatic hydroxyl groups is 2. The minimum atomic E-state index is 0.0788. The highest BCUT2D eigenvalue weighted by molar-refractivity contribution is 4.39. The normalized spacial score (nSPS) is 12.0. The van der Waals surface area contributed by atoms with Crippen molar-refractivity contribution in [2.75, 3.05) is 66.3 Å². The van der Waals surface area contributed by atoms with Crippen molar-refractivity contribution in [1.82, 2.24) is 0 Å². The zero-order valence-electron chi connectivity index (χ0n) is 10.5. The van der Waals surface area contributed by atoms with Gasteiger partial charge in [0.05, 0.1) is 53.2 Å². The van der Waals surface area contributed by atoms with Crippen LogP contribution in [0.2, 0.25) is 0 Å². The highest BCUT2D eigenvalue weighted by Gasteiger charge is 2.18. The van der Waals surface area contributed by atoms with Gasteiger partial charge in [-0.2, -0.15) is 0 Å². The van der Waals surface area contributed by atoms with Crippen LogP contribution in [0.25, 0.3) is 0 Å². The summed E-state index contributed by atoms with van der Waals surface area (Å²) in [5.74, 6) is 0. The lowest BCUT2D eigenvalue weighted by Crippen LogP contribution is -2.48. The fourth-order valence-electron chi connectivity index (χ4n) is 1.33. The van der Waals surface area contributed by atoms with Crippen LogP contribution in [0.15, 0.2) is 0 Å². The predicted octanol–water partition coefficient (Wildman–Crippen LogP) is -0.529. The molecule has 0 aliphatic carbocycles. The Morgan fingerprint density at radius 1 is 0.875 bits per heavy atom. The third kappa shape index (κ3) is 8.01. The summed E-state index contributed by atoms with van der Waals surface area (Å²) in [7, 11) is 2.16. The molecule has 0 atom stereocenters. The number of likely N-dealkylation sites (N-methyl/N-ethyl adjacent to an activating group) is 1. The van der Waals surface area contributed by atoms with E-state index in [1.54, 1.807) is 0 Å². The van der Waals surface area contributed by atoms with Gasteiger partial charge in [-0.15, -0.1) is 0 Å². The number of hydrogen-bond donors (Lipinski definition) is 2. The molecule has 5 heteroatoms. The second-order valence-corrected chi connectivity index (χ2v) is 4.05. The summed E-state index contributed by atoms with van der Waals surface area (Å²) < 4.78 is 11.4. The average molecular weight is 236 g/mol. The Labute approximate surface area is 98.2 Å². The summed E-state index contributed by atoms with van der Waals surface area (Å²) in [5, 5.41) is 17.2. The van der Waals surface area contributed by atoms with Crippen molar-refractivity contribution >= 4 is 0 Å². The quantitative estimate of drug-likeness (QED) is 0.374. The van der Waals surface area contributed by atoms with Gasteiger partial charge in [-0.3, -0.25) is 0 Å². The van der Waals surface area contributed by atoms with Crippen LogP contribution in [-0.2, 0) is 9.47 Å². The molecule has 2 N–H and O–H groups in total. The average Bonchev–Trinajstić information content (AvgIpc) is 2.31. The van der Waals surface area contributed by atoms with Gasteiger partial charge in [0.2, 0.25) is 0 Å². The number of rotatable bonds is 11. The molecule has 0 aliphatic rings. The molecular weight excluding hydrogens is 210 g/mol. The Balaban J connectivity index is 3.64. The highest BCUT2D eigenvalue weighted by atomic mass is 16.5. The highest BCUT2D eigenvalue weighted by Crippen LogP contribution is 2.01. The van der Waals surface area contributed by atoms with Crippen LogP contribution in [-0.4, -0.2) is 81.0 Å². The molecule has 0 heterocycles. The third-order valence-corrected chi connectivity index (χ3v) is 2.79. The molecule has 0 fully saturated rings. The van der Waals surface area contributed by atoms with Crippen molar-refractivity contribution in [3.63, 3.8) is 0 Å². The van der Waals surface area contributed by atoms with Crippen LogP contribution < -0.4 is 0 Å². The van der Waals surface area contributed by atoms with Gasteiger partial charge in [-0.05, 0) is 6.92 Å². The van der Waals surface area contributed by atoms with E-state index in [4.69, 9.17) is 19.7 Å². The van der Waals surface area contributed by atoms with E-state index >= 15 is 0 Å². The first kappa shape index (κ1) is 15.8. The smallest absolute Gasteiger partial charge is 0.102 e. The molecule has 0 saturated heterocycles. The summed E-state index contributed by atoms with van der Waals surface area (Å²) in [5.41, 5.74) is 0. The molecule has 0 aromatic rings. The lowest BCUT2D eigenvalue weighted by Gasteiger charge is -2.33. The maximum absolute atomic E-state index is 8.58. The predicted molar refractivity (Wildman–Crippen MR) is 62.3 cm³/mol. The SMILES string of the molecule is CC[N+](C)(CCOCCO)CCOCCO. The molecule has 0 saturated carbocycles. The first-order chi connectivity index (χ1) is 7.68. The van der Waals surface area contributed by atoms with Gasteiger partial charge >= 0.3 is 0 Å². The zero-order chi connectivity index (χ0) is 12.3. The van der Waals surface area contributed by atoms with Gasteiger partial charge in [0.1, 0.15) is 13.1 Å². The Hall–Kier alpha value is -0.200. The number of aliphatic hydroxyl groups excluding tert-OH is 2. The van der Waals surface area contributed by atoms with E-state index < -0.39 is 0 Å². The van der Waals surface area contributed by atoms with Crippen LogP contribution in [0.4, 0.5) is 0 Å². The van der Waals surface area contributed by atoms with E-state index in [9.17, 15) is 0 Å². The number of nitrogens with zero attached hydrogens (tertiary/aromatic N) is 1. The van der Waals surface area contributed by atoms with Crippen molar-refractivity contribution in [3.05, 3.63) is 0 Å². The van der Waals surface area contributed by atoms with Crippen LogP contribution in [0, 0.1) is 0 Å². The monoisotopic (exact) mass is 236 g/mol. The van der Waals surface area contributed by atoms with E-state index in [2.05, 4.69) is 14.0 Å². The van der Waals surface area contributed by atoms with Gasteiger partial charge in [0.15, 0.2) is 0 Å². The number of hydrogen-bond acceptors (Lipinski definition) is 4. The van der Waals surface area contributed by atoms with E-state index in [1.165, 1.54) is 0 Å². The Bertz CT molecular complexity index is 143. The molecule has 0 bridgehead atoms. The standard InChI is InChI=1S/C11H26NO4/c1-3-12(2,4-8-15-10-6-13)5-9-16-11-7-14/h13-14H,3-11H2,1-2H3/q+1. The molecule has 16 heavy (non-hydrogen) atoms. The van der Waals surface area contributed by atoms with E-state index in [-0.39, 0.29) is 13.2 Å². The van der Waals surface area contributed by atoms with E-state index in [0.29, 0.717) is 26.4 Å². The number of quaternary nitrogens is 1. The summed E-state index contributed by atoms with van der Waals surface area (Å²) in [4.78, 5) is 0. The number of ether oxygens (including phenoxy) is 2. The molecular formula is C11H26NO4+. The molecule has 98 valence electrons. The van der Waals surface area contributed by atoms with E-state index in [1.807, 2.05) is 0 Å². The summed E-state index contributed by atoms with van der Waals surface area (Å²) >= 11 is 0. The molecule has 5 nitrogen and oxygen atoms in total. The molecule has 0 aromatic carbocycles. The Kier molecular flexibility index (Phi) is 9.86. The molecule has 0 aliphatic heterocycles. The topological polar surface area (TPSA) is 58.9 Å². The van der Waals surface area contributed by atoms with Crippen LogP contribution in [0.3, 0.4) is 0 Å². The van der Waals surface area contributed by atoms with E-state index in [0.717, 1.165) is 24.1 Å². The molecule has 0 unspecified atom stereocenters. The first-order valence-corrected chi connectivity index (χ1v) is 5.89. The first-order valence-electron chi connectivity index (χ1n) is 5.89. The van der Waals surface area contributed by atoms with Gasteiger partial charge in [-0.1, -0.05) is 0 Å². The van der Waals surface area contributed by atoms with Crippen molar-refractivity contribution < 1.29 is 24.2 Å². The van der Waals surface area contributed by atoms with Crippen molar-refractivity contribution in [2.24, 2.45) is 0 Å². The molecule has 0 aromatic heterocycles. The summed E-state index contributed by atoms with van der Waals surface area (Å²) in [6, 6.07) is 0. The van der Waals surface area contributed by atoms with Crippen molar-refractivity contribution in [3.8, 4) is 0 Å². The molecule has 0 spiro atoms. The summed E-state index contributed by atoms with van der Waals surface area (Å²) in [6.45, 7) is 7.27. The fraction of sp³-hybridized carbons (Fsp3) is 1.00. The van der Waals surface area contributed by atoms with Crippen LogP contribution in [0.1, 0.15) is 6.92 Å². The van der Waals surface area contributed by atoms with Gasteiger partial charge in [0, 0.05) is 0 Å². The van der Waals surface area contributed by atoms with Crippen LogP contribution in [0.5, 0.6) is 0 Å². The lowest BCUT2D eigenvalue weighted by atomic mass is 10.4. The lowest BCUT2D eigenvalue weighted by molar-refractivity contribution is -0.908. The van der Waals surface area contributed by atoms with Gasteiger partial charge in [-0.25, -0.2) is 0 Å². The third-order valence-electron chi connectivity index (χ3n) is 2.79.